The number of nitrogens with zero attached hydrogens (tertiary/aromatic N) is 1. The molecule has 2 N–H and O–H groups in total. The highest BCUT2D eigenvalue weighted by Gasteiger charge is 2.40. The lowest BCUT2D eigenvalue weighted by Crippen LogP contribution is -2.50. The Morgan fingerprint density at radius 3 is 2.43 bits per heavy atom. The fourth-order valence-corrected chi connectivity index (χ4v) is 2.59. The molecule has 0 spiro atoms. The van der Waals surface area contributed by atoms with Gasteiger partial charge in [0.25, 0.3) is 0 Å². The number of hydrogen-bond donors (Lipinski definition) is 2. The standard InChI is InChI=1S/C17H23NO5/c19-15(18-10-8-17(22,9-11-18)16(20)21)7-4-12-23-13-14-5-2-1-3-6-14/h1-3,5-6,22H,4,7-13H2,(H,20,21). The lowest BCUT2D eigenvalue weighted by atomic mass is 9.91. The molecule has 1 amide bonds. The molecule has 0 aromatic heterocycles. The number of carbonyl (C=O) groups excluding carboxylic acids is 1. The van der Waals surface area contributed by atoms with Gasteiger partial charge >= 0.3 is 5.97 Å². The molecule has 6 heteroatoms. The maximum atomic E-state index is 12.1. The summed E-state index contributed by atoms with van der Waals surface area (Å²) >= 11 is 0. The lowest BCUT2D eigenvalue weighted by Gasteiger charge is -2.35. The third kappa shape index (κ3) is 5.04. The highest BCUT2D eigenvalue weighted by Crippen LogP contribution is 2.23. The molecule has 1 aromatic carbocycles. The Balaban J connectivity index is 1.61. The summed E-state index contributed by atoms with van der Waals surface area (Å²) in [5.41, 5.74) is -0.585. The van der Waals surface area contributed by atoms with Gasteiger partial charge in [-0.05, 0) is 12.0 Å². The van der Waals surface area contributed by atoms with Crippen LogP contribution < -0.4 is 0 Å². The molecule has 0 atom stereocenters. The molecule has 0 bridgehead atoms. The molecule has 0 aliphatic carbocycles. The zero-order valence-corrected chi connectivity index (χ0v) is 13.1. The van der Waals surface area contributed by atoms with Gasteiger partial charge in [0, 0.05) is 39.0 Å². The predicted octanol–water partition coefficient (Wildman–Crippen LogP) is 1.42. The Bertz CT molecular complexity index is 523. The number of carbonyl (C=O) groups is 2. The second-order valence-electron chi connectivity index (χ2n) is 5.86. The third-order valence-electron chi connectivity index (χ3n) is 4.13. The SMILES string of the molecule is O=C(CCCOCc1ccccc1)N1CCC(O)(C(=O)O)CC1. The zero-order chi connectivity index (χ0) is 16.7. The molecule has 6 nitrogen and oxygen atoms in total. The Hall–Kier alpha value is -1.92. The van der Waals surface area contributed by atoms with Crippen molar-refractivity contribution in [2.24, 2.45) is 0 Å². The molecule has 0 radical (unpaired) electrons. The maximum absolute atomic E-state index is 12.1. The smallest absolute Gasteiger partial charge is 0.335 e. The largest absolute Gasteiger partial charge is 0.479 e. The van der Waals surface area contributed by atoms with E-state index >= 15 is 0 Å². The fraction of sp³-hybridized carbons (Fsp3) is 0.529. The number of rotatable bonds is 7. The number of aliphatic hydroxyl groups is 1. The first kappa shape index (κ1) is 17.4. The van der Waals surface area contributed by atoms with E-state index in [1.165, 1.54) is 0 Å². The number of carboxylic acids is 1. The van der Waals surface area contributed by atoms with Gasteiger partial charge in [-0.25, -0.2) is 4.79 Å². The van der Waals surface area contributed by atoms with Crippen molar-refractivity contribution in [3.63, 3.8) is 0 Å². The van der Waals surface area contributed by atoms with Crippen LogP contribution in [0.25, 0.3) is 0 Å². The average Bonchev–Trinajstić information content (AvgIpc) is 2.56. The molecule has 1 fully saturated rings. The minimum absolute atomic E-state index is 0.0132. The van der Waals surface area contributed by atoms with E-state index in [0.29, 0.717) is 26.1 Å². The van der Waals surface area contributed by atoms with Crippen LogP contribution >= 0.6 is 0 Å². The van der Waals surface area contributed by atoms with E-state index in [2.05, 4.69) is 0 Å². The molecule has 1 heterocycles. The minimum Gasteiger partial charge on any atom is -0.479 e. The second-order valence-corrected chi connectivity index (χ2v) is 5.86. The van der Waals surface area contributed by atoms with Gasteiger partial charge in [-0.15, -0.1) is 0 Å². The molecular formula is C17H23NO5. The number of hydrogen-bond acceptors (Lipinski definition) is 4. The summed E-state index contributed by atoms with van der Waals surface area (Å²) in [5.74, 6) is -1.22. The Morgan fingerprint density at radius 2 is 1.83 bits per heavy atom. The van der Waals surface area contributed by atoms with Crippen LogP contribution in [0.15, 0.2) is 30.3 Å². The number of aliphatic carboxylic acids is 1. The summed E-state index contributed by atoms with van der Waals surface area (Å²) in [4.78, 5) is 24.6. The van der Waals surface area contributed by atoms with Gasteiger partial charge in [0.2, 0.25) is 5.91 Å². The Kier molecular flexibility index (Phi) is 6.12. The van der Waals surface area contributed by atoms with E-state index in [0.717, 1.165) is 5.56 Å². The van der Waals surface area contributed by atoms with Gasteiger partial charge in [0.1, 0.15) is 0 Å². The molecular weight excluding hydrogens is 298 g/mol. The first-order chi connectivity index (χ1) is 11.0. The third-order valence-corrected chi connectivity index (χ3v) is 4.13. The summed E-state index contributed by atoms with van der Waals surface area (Å²) < 4.78 is 5.53. The van der Waals surface area contributed by atoms with Crippen molar-refractivity contribution in [1.29, 1.82) is 0 Å². The molecule has 23 heavy (non-hydrogen) atoms. The van der Waals surface area contributed by atoms with Crippen LogP contribution in [0.3, 0.4) is 0 Å². The number of carboxylic acid groups (broad SMARTS) is 1. The summed E-state index contributed by atoms with van der Waals surface area (Å²) in [6, 6.07) is 9.84. The highest BCUT2D eigenvalue weighted by molar-refractivity contribution is 5.79. The van der Waals surface area contributed by atoms with Gasteiger partial charge in [0.05, 0.1) is 6.61 Å². The van der Waals surface area contributed by atoms with Crippen LogP contribution in [-0.4, -0.2) is 52.3 Å². The van der Waals surface area contributed by atoms with Crippen molar-refractivity contribution in [2.45, 2.75) is 37.9 Å². The Labute approximate surface area is 135 Å². The van der Waals surface area contributed by atoms with Crippen LogP contribution in [0.1, 0.15) is 31.2 Å². The molecule has 1 aliphatic heterocycles. The Morgan fingerprint density at radius 1 is 1.17 bits per heavy atom. The second kappa shape index (κ2) is 8.08. The monoisotopic (exact) mass is 321 g/mol. The van der Waals surface area contributed by atoms with Crippen molar-refractivity contribution in [3.05, 3.63) is 35.9 Å². The summed E-state index contributed by atoms with van der Waals surface area (Å²) in [6.45, 7) is 1.61. The van der Waals surface area contributed by atoms with Gasteiger partial charge < -0.3 is 19.8 Å². The van der Waals surface area contributed by atoms with E-state index in [9.17, 15) is 14.7 Å². The van der Waals surface area contributed by atoms with Gasteiger partial charge in [0.15, 0.2) is 5.60 Å². The summed E-state index contributed by atoms with van der Waals surface area (Å²) in [6.07, 6.45) is 1.17. The van der Waals surface area contributed by atoms with E-state index in [-0.39, 0.29) is 31.8 Å². The van der Waals surface area contributed by atoms with Gasteiger partial charge in [-0.1, -0.05) is 30.3 Å². The van der Waals surface area contributed by atoms with E-state index in [1.807, 2.05) is 30.3 Å². The van der Waals surface area contributed by atoms with Crippen LogP contribution in [0.5, 0.6) is 0 Å². The number of ether oxygens (including phenoxy) is 1. The topological polar surface area (TPSA) is 87.1 Å². The maximum Gasteiger partial charge on any atom is 0.335 e. The van der Waals surface area contributed by atoms with Crippen molar-refractivity contribution >= 4 is 11.9 Å². The molecule has 1 aliphatic rings. The summed E-state index contributed by atoms with van der Waals surface area (Å²) in [7, 11) is 0. The minimum atomic E-state index is -1.68. The van der Waals surface area contributed by atoms with Gasteiger partial charge in [-0.2, -0.15) is 0 Å². The normalized spacial score (nSPS) is 17.0. The average molecular weight is 321 g/mol. The van der Waals surface area contributed by atoms with E-state index in [4.69, 9.17) is 9.84 Å². The number of likely N-dealkylation sites (tertiary alicyclic amines) is 1. The van der Waals surface area contributed by atoms with Crippen molar-refractivity contribution in [3.8, 4) is 0 Å². The van der Waals surface area contributed by atoms with Crippen molar-refractivity contribution in [1.82, 2.24) is 4.90 Å². The van der Waals surface area contributed by atoms with Crippen LogP contribution in [0, 0.1) is 0 Å². The molecule has 0 saturated carbocycles. The van der Waals surface area contributed by atoms with Gasteiger partial charge in [-0.3, -0.25) is 4.79 Å². The van der Waals surface area contributed by atoms with Crippen molar-refractivity contribution < 1.29 is 24.5 Å². The number of piperidine rings is 1. The number of benzene rings is 1. The first-order valence-electron chi connectivity index (χ1n) is 7.86. The molecule has 1 aromatic rings. The number of amides is 1. The fourth-order valence-electron chi connectivity index (χ4n) is 2.59. The summed E-state index contributed by atoms with van der Waals surface area (Å²) in [5, 5.41) is 18.8. The lowest BCUT2D eigenvalue weighted by molar-refractivity contribution is -0.165. The highest BCUT2D eigenvalue weighted by atomic mass is 16.5. The van der Waals surface area contributed by atoms with E-state index < -0.39 is 11.6 Å². The van der Waals surface area contributed by atoms with Crippen LogP contribution in [0.2, 0.25) is 0 Å². The zero-order valence-electron chi connectivity index (χ0n) is 13.1. The van der Waals surface area contributed by atoms with Crippen LogP contribution in [0.4, 0.5) is 0 Å². The predicted molar refractivity (Wildman–Crippen MR) is 83.7 cm³/mol. The molecule has 2 rings (SSSR count). The first-order valence-corrected chi connectivity index (χ1v) is 7.86. The molecule has 126 valence electrons. The van der Waals surface area contributed by atoms with E-state index in [1.54, 1.807) is 4.90 Å². The molecule has 1 saturated heterocycles. The van der Waals surface area contributed by atoms with Crippen LogP contribution in [-0.2, 0) is 20.9 Å². The quantitative estimate of drug-likeness (QED) is 0.742. The molecule has 0 unspecified atom stereocenters. The van der Waals surface area contributed by atoms with Crippen molar-refractivity contribution in [2.75, 3.05) is 19.7 Å².